The van der Waals surface area contributed by atoms with Crippen molar-refractivity contribution < 1.29 is 13.9 Å². The minimum absolute atomic E-state index is 0.0729. The van der Waals surface area contributed by atoms with Gasteiger partial charge in [-0.15, -0.1) is 0 Å². The molecule has 3 nitrogen and oxygen atoms in total. The van der Waals surface area contributed by atoms with Gasteiger partial charge in [0.05, 0.1) is 6.61 Å². The number of hydrogen-bond donors (Lipinski definition) is 1. The fourth-order valence-electron chi connectivity index (χ4n) is 2.08. The first kappa shape index (κ1) is 15.3. The molecule has 0 saturated carbocycles. The van der Waals surface area contributed by atoms with Crippen LogP contribution in [0.3, 0.4) is 0 Å². The van der Waals surface area contributed by atoms with Crippen molar-refractivity contribution in [2.75, 3.05) is 6.61 Å². The first-order valence-electron chi connectivity index (χ1n) is 7.04. The molecule has 1 atom stereocenters. The molecule has 1 unspecified atom stereocenters. The Morgan fingerprint density at radius 3 is 2.48 bits per heavy atom. The second kappa shape index (κ2) is 7.09. The van der Waals surface area contributed by atoms with Crippen LogP contribution in [-0.2, 0) is 6.42 Å². The van der Waals surface area contributed by atoms with E-state index in [9.17, 15) is 4.39 Å². The minimum atomic E-state index is -0.295. The van der Waals surface area contributed by atoms with Crippen molar-refractivity contribution in [1.82, 2.24) is 0 Å². The standard InChI is InChI=1S/C17H20FNO2/c1-3-20-16-6-4-5-7-17(16)21-15-9-8-14(18)11-13(15)10-12(2)19/h4-9,11-12H,3,10,19H2,1-2H3. The van der Waals surface area contributed by atoms with Crippen LogP contribution in [0.2, 0.25) is 0 Å². The monoisotopic (exact) mass is 289 g/mol. The first-order chi connectivity index (χ1) is 10.1. The van der Waals surface area contributed by atoms with Gasteiger partial charge >= 0.3 is 0 Å². The van der Waals surface area contributed by atoms with Gasteiger partial charge in [0, 0.05) is 6.04 Å². The third-order valence-corrected chi connectivity index (χ3v) is 2.93. The predicted octanol–water partition coefficient (Wildman–Crippen LogP) is 3.91. The molecule has 2 aromatic carbocycles. The maximum absolute atomic E-state index is 13.4. The normalized spacial score (nSPS) is 12.0. The fourth-order valence-corrected chi connectivity index (χ4v) is 2.08. The molecule has 0 aliphatic carbocycles. The summed E-state index contributed by atoms with van der Waals surface area (Å²) in [7, 11) is 0. The number of rotatable bonds is 6. The summed E-state index contributed by atoms with van der Waals surface area (Å²) in [6.45, 7) is 4.34. The molecule has 112 valence electrons. The van der Waals surface area contributed by atoms with Crippen molar-refractivity contribution in [3.63, 3.8) is 0 Å². The van der Waals surface area contributed by atoms with Crippen molar-refractivity contribution >= 4 is 0 Å². The molecule has 0 bridgehead atoms. The van der Waals surface area contributed by atoms with Crippen molar-refractivity contribution in [2.45, 2.75) is 26.3 Å². The van der Waals surface area contributed by atoms with Crippen LogP contribution in [-0.4, -0.2) is 12.6 Å². The highest BCUT2D eigenvalue weighted by Crippen LogP contribution is 2.33. The zero-order chi connectivity index (χ0) is 15.2. The minimum Gasteiger partial charge on any atom is -0.490 e. The highest BCUT2D eigenvalue weighted by molar-refractivity contribution is 5.45. The van der Waals surface area contributed by atoms with Crippen LogP contribution in [0.25, 0.3) is 0 Å². The van der Waals surface area contributed by atoms with E-state index in [0.29, 0.717) is 30.3 Å². The maximum Gasteiger partial charge on any atom is 0.169 e. The molecule has 2 N–H and O–H groups in total. The van der Waals surface area contributed by atoms with E-state index in [1.807, 2.05) is 38.1 Å². The van der Waals surface area contributed by atoms with Crippen LogP contribution in [0.4, 0.5) is 4.39 Å². The predicted molar refractivity (Wildman–Crippen MR) is 81.4 cm³/mol. The molecule has 2 aromatic rings. The fraction of sp³-hybridized carbons (Fsp3) is 0.294. The molecule has 0 spiro atoms. The third-order valence-electron chi connectivity index (χ3n) is 2.93. The lowest BCUT2D eigenvalue weighted by atomic mass is 10.1. The van der Waals surface area contributed by atoms with Crippen LogP contribution in [0, 0.1) is 5.82 Å². The second-order valence-corrected chi connectivity index (χ2v) is 4.92. The van der Waals surface area contributed by atoms with Crippen LogP contribution in [0.1, 0.15) is 19.4 Å². The number of nitrogens with two attached hydrogens (primary N) is 1. The van der Waals surface area contributed by atoms with Crippen molar-refractivity contribution in [3.05, 3.63) is 53.8 Å². The van der Waals surface area contributed by atoms with Gasteiger partial charge in [0.15, 0.2) is 11.5 Å². The van der Waals surface area contributed by atoms with Gasteiger partial charge in [-0.1, -0.05) is 12.1 Å². The van der Waals surface area contributed by atoms with Gasteiger partial charge in [0.25, 0.3) is 0 Å². The lowest BCUT2D eigenvalue weighted by molar-refractivity contribution is 0.320. The van der Waals surface area contributed by atoms with Gasteiger partial charge in [0.2, 0.25) is 0 Å². The Balaban J connectivity index is 2.31. The smallest absolute Gasteiger partial charge is 0.169 e. The van der Waals surface area contributed by atoms with E-state index in [2.05, 4.69) is 0 Å². The van der Waals surface area contributed by atoms with E-state index in [1.54, 1.807) is 6.07 Å². The van der Waals surface area contributed by atoms with Crippen molar-refractivity contribution in [1.29, 1.82) is 0 Å². The SMILES string of the molecule is CCOc1ccccc1Oc1ccc(F)cc1CC(C)N. The van der Waals surface area contributed by atoms with Gasteiger partial charge in [0.1, 0.15) is 11.6 Å². The summed E-state index contributed by atoms with van der Waals surface area (Å²) in [5, 5.41) is 0. The Morgan fingerprint density at radius 2 is 1.81 bits per heavy atom. The van der Waals surface area contributed by atoms with Gasteiger partial charge in [-0.25, -0.2) is 4.39 Å². The Morgan fingerprint density at radius 1 is 1.10 bits per heavy atom. The molecule has 21 heavy (non-hydrogen) atoms. The summed E-state index contributed by atoms with van der Waals surface area (Å²) in [5.41, 5.74) is 6.56. The van der Waals surface area contributed by atoms with Crippen molar-refractivity contribution in [3.8, 4) is 17.2 Å². The lowest BCUT2D eigenvalue weighted by Crippen LogP contribution is -2.18. The molecule has 0 radical (unpaired) electrons. The Hall–Kier alpha value is -2.07. The molecule has 0 fully saturated rings. The van der Waals surface area contributed by atoms with Gasteiger partial charge in [-0.05, 0) is 56.2 Å². The van der Waals surface area contributed by atoms with Gasteiger partial charge in [-0.2, -0.15) is 0 Å². The molecular formula is C17H20FNO2. The topological polar surface area (TPSA) is 44.5 Å². The van der Waals surface area contributed by atoms with Gasteiger partial charge < -0.3 is 15.2 Å². The van der Waals surface area contributed by atoms with E-state index in [0.717, 1.165) is 5.56 Å². The van der Waals surface area contributed by atoms with Crippen LogP contribution >= 0.6 is 0 Å². The summed E-state index contributed by atoms with van der Waals surface area (Å²) in [4.78, 5) is 0. The van der Waals surface area contributed by atoms with E-state index in [1.165, 1.54) is 12.1 Å². The largest absolute Gasteiger partial charge is 0.490 e. The van der Waals surface area contributed by atoms with E-state index < -0.39 is 0 Å². The third kappa shape index (κ3) is 4.20. The summed E-state index contributed by atoms with van der Waals surface area (Å²) < 4.78 is 24.8. The highest BCUT2D eigenvalue weighted by Gasteiger charge is 2.11. The van der Waals surface area contributed by atoms with Crippen molar-refractivity contribution in [2.24, 2.45) is 5.73 Å². The quantitative estimate of drug-likeness (QED) is 0.877. The maximum atomic E-state index is 13.4. The molecule has 2 rings (SSSR count). The highest BCUT2D eigenvalue weighted by atomic mass is 19.1. The van der Waals surface area contributed by atoms with E-state index in [-0.39, 0.29) is 11.9 Å². The molecule has 4 heteroatoms. The number of ether oxygens (including phenoxy) is 2. The average Bonchev–Trinajstić information content (AvgIpc) is 2.43. The number of para-hydroxylation sites is 2. The zero-order valence-corrected chi connectivity index (χ0v) is 12.3. The number of halogens is 1. The molecular weight excluding hydrogens is 269 g/mol. The molecule has 0 amide bonds. The molecule has 0 aliphatic rings. The Labute approximate surface area is 124 Å². The molecule has 0 heterocycles. The zero-order valence-electron chi connectivity index (χ0n) is 12.3. The van der Waals surface area contributed by atoms with Crippen LogP contribution in [0.15, 0.2) is 42.5 Å². The van der Waals surface area contributed by atoms with Crippen LogP contribution < -0.4 is 15.2 Å². The first-order valence-corrected chi connectivity index (χ1v) is 7.04. The number of hydrogen-bond acceptors (Lipinski definition) is 3. The molecule has 0 saturated heterocycles. The second-order valence-electron chi connectivity index (χ2n) is 4.92. The Kier molecular flexibility index (Phi) is 5.17. The Bertz CT molecular complexity index is 599. The van der Waals surface area contributed by atoms with E-state index >= 15 is 0 Å². The summed E-state index contributed by atoms with van der Waals surface area (Å²) in [6.07, 6.45) is 0.546. The molecule has 0 aliphatic heterocycles. The lowest BCUT2D eigenvalue weighted by Gasteiger charge is -2.15. The summed E-state index contributed by atoms with van der Waals surface area (Å²) in [5.74, 6) is 1.57. The van der Waals surface area contributed by atoms with Crippen LogP contribution in [0.5, 0.6) is 17.2 Å². The molecule has 0 aromatic heterocycles. The van der Waals surface area contributed by atoms with E-state index in [4.69, 9.17) is 15.2 Å². The van der Waals surface area contributed by atoms with Gasteiger partial charge in [-0.3, -0.25) is 0 Å². The number of benzene rings is 2. The summed E-state index contributed by atoms with van der Waals surface area (Å²) in [6, 6.07) is 11.8. The summed E-state index contributed by atoms with van der Waals surface area (Å²) >= 11 is 0. The average molecular weight is 289 g/mol.